The number of rotatable bonds is 1. The predicted molar refractivity (Wildman–Crippen MR) is 63.8 cm³/mol. The lowest BCUT2D eigenvalue weighted by Gasteiger charge is -2.05. The third-order valence-electron chi connectivity index (χ3n) is 2.30. The van der Waals surface area contributed by atoms with E-state index < -0.39 is 0 Å². The molecular formula is C12H11ClN2. The highest BCUT2D eigenvalue weighted by molar-refractivity contribution is 6.31. The maximum absolute atomic E-state index is 5.88. The quantitative estimate of drug-likeness (QED) is 0.746. The zero-order valence-electron chi connectivity index (χ0n) is 8.37. The van der Waals surface area contributed by atoms with Crippen molar-refractivity contribution < 1.29 is 0 Å². The first-order chi connectivity index (χ1) is 7.18. The molecule has 0 radical (unpaired) electrons. The number of aromatic nitrogens is 1. The molecule has 15 heavy (non-hydrogen) atoms. The highest BCUT2D eigenvalue weighted by Crippen LogP contribution is 2.25. The van der Waals surface area contributed by atoms with Gasteiger partial charge in [-0.25, -0.2) is 4.98 Å². The molecule has 0 amide bonds. The Morgan fingerprint density at radius 2 is 1.87 bits per heavy atom. The number of benzene rings is 1. The van der Waals surface area contributed by atoms with Crippen molar-refractivity contribution in [1.82, 2.24) is 4.98 Å². The Kier molecular flexibility index (Phi) is 2.60. The molecular weight excluding hydrogens is 208 g/mol. The van der Waals surface area contributed by atoms with Gasteiger partial charge in [0.25, 0.3) is 0 Å². The molecule has 0 unspecified atom stereocenters. The van der Waals surface area contributed by atoms with Gasteiger partial charge >= 0.3 is 0 Å². The maximum Gasteiger partial charge on any atom is 0.152 e. The van der Waals surface area contributed by atoms with E-state index in [0.29, 0.717) is 10.8 Å². The summed E-state index contributed by atoms with van der Waals surface area (Å²) in [6.45, 7) is 2.04. The molecule has 2 aromatic rings. The van der Waals surface area contributed by atoms with E-state index in [1.54, 1.807) is 6.07 Å². The van der Waals surface area contributed by atoms with Crippen LogP contribution in [0.1, 0.15) is 5.56 Å². The summed E-state index contributed by atoms with van der Waals surface area (Å²) in [7, 11) is 0. The summed E-state index contributed by atoms with van der Waals surface area (Å²) >= 11 is 5.88. The van der Waals surface area contributed by atoms with E-state index in [4.69, 9.17) is 17.3 Å². The molecule has 2 N–H and O–H groups in total. The van der Waals surface area contributed by atoms with E-state index in [2.05, 4.69) is 4.98 Å². The fraction of sp³-hybridized carbons (Fsp3) is 0.0833. The molecule has 0 bridgehead atoms. The van der Waals surface area contributed by atoms with Crippen molar-refractivity contribution in [2.24, 2.45) is 0 Å². The number of hydrogen-bond donors (Lipinski definition) is 1. The van der Waals surface area contributed by atoms with Crippen molar-refractivity contribution >= 4 is 17.3 Å². The van der Waals surface area contributed by atoms with E-state index in [-0.39, 0.29) is 0 Å². The van der Waals surface area contributed by atoms with Crippen LogP contribution in [0.25, 0.3) is 11.3 Å². The smallest absolute Gasteiger partial charge is 0.152 e. The molecule has 0 saturated carbocycles. The number of nitrogen functional groups attached to an aromatic ring is 1. The summed E-state index contributed by atoms with van der Waals surface area (Å²) < 4.78 is 0. The summed E-state index contributed by atoms with van der Waals surface area (Å²) in [5.41, 5.74) is 9.23. The van der Waals surface area contributed by atoms with Crippen LogP contribution in [0, 0.1) is 6.92 Å². The van der Waals surface area contributed by atoms with Gasteiger partial charge in [0.2, 0.25) is 0 Å². The second kappa shape index (κ2) is 3.91. The molecule has 0 atom stereocenters. The van der Waals surface area contributed by atoms with E-state index in [1.807, 2.05) is 37.3 Å². The van der Waals surface area contributed by atoms with Gasteiger partial charge in [0.05, 0.1) is 11.4 Å². The van der Waals surface area contributed by atoms with Crippen LogP contribution in [0.3, 0.4) is 0 Å². The second-order valence-corrected chi connectivity index (χ2v) is 3.75. The van der Waals surface area contributed by atoms with Crippen LogP contribution in [0.4, 0.5) is 5.69 Å². The van der Waals surface area contributed by atoms with Gasteiger partial charge in [-0.15, -0.1) is 0 Å². The first-order valence-corrected chi connectivity index (χ1v) is 5.04. The highest BCUT2D eigenvalue weighted by atomic mass is 35.5. The predicted octanol–water partition coefficient (Wildman–Crippen LogP) is 3.29. The Morgan fingerprint density at radius 3 is 2.53 bits per heavy atom. The van der Waals surface area contributed by atoms with Crippen LogP contribution in [-0.2, 0) is 0 Å². The van der Waals surface area contributed by atoms with E-state index in [0.717, 1.165) is 11.3 Å². The summed E-state index contributed by atoms with van der Waals surface area (Å²) in [5, 5.41) is 0.357. The van der Waals surface area contributed by atoms with Crippen LogP contribution in [0.15, 0.2) is 36.4 Å². The van der Waals surface area contributed by atoms with E-state index >= 15 is 0 Å². The monoisotopic (exact) mass is 218 g/mol. The molecule has 0 spiro atoms. The van der Waals surface area contributed by atoms with E-state index in [9.17, 15) is 0 Å². The molecule has 0 saturated heterocycles. The van der Waals surface area contributed by atoms with Crippen molar-refractivity contribution in [3.8, 4) is 11.3 Å². The molecule has 1 heterocycles. The molecule has 0 aliphatic carbocycles. The molecule has 0 fully saturated rings. The highest BCUT2D eigenvalue weighted by Gasteiger charge is 2.04. The summed E-state index contributed by atoms with van der Waals surface area (Å²) in [6.07, 6.45) is 0. The Labute approximate surface area is 93.7 Å². The van der Waals surface area contributed by atoms with Crippen molar-refractivity contribution in [3.05, 3.63) is 47.1 Å². The van der Waals surface area contributed by atoms with Crippen LogP contribution >= 0.6 is 11.6 Å². The summed E-state index contributed by atoms with van der Waals surface area (Å²) in [4.78, 5) is 4.24. The minimum absolute atomic E-state index is 0.357. The standard InChI is InChI=1S/C12H11ClN2/c1-8-4-2-3-5-9(8)11-7-6-10(14)12(13)15-11/h2-7H,14H2,1H3. The third kappa shape index (κ3) is 1.95. The number of aryl methyl sites for hydroxylation is 1. The fourth-order valence-electron chi connectivity index (χ4n) is 1.46. The largest absolute Gasteiger partial charge is 0.396 e. The Morgan fingerprint density at radius 1 is 1.13 bits per heavy atom. The molecule has 76 valence electrons. The first kappa shape index (κ1) is 9.99. The average Bonchev–Trinajstić information content (AvgIpc) is 2.23. The van der Waals surface area contributed by atoms with Gasteiger partial charge in [-0.1, -0.05) is 35.9 Å². The summed E-state index contributed by atoms with van der Waals surface area (Å²) in [5.74, 6) is 0. The van der Waals surface area contributed by atoms with Gasteiger partial charge in [-0.2, -0.15) is 0 Å². The van der Waals surface area contributed by atoms with Crippen LogP contribution in [0.5, 0.6) is 0 Å². The van der Waals surface area contributed by atoms with Gasteiger partial charge in [0.1, 0.15) is 0 Å². The van der Waals surface area contributed by atoms with E-state index in [1.165, 1.54) is 5.56 Å². The number of hydrogen-bond acceptors (Lipinski definition) is 2. The molecule has 2 rings (SSSR count). The lowest BCUT2D eigenvalue weighted by molar-refractivity contribution is 1.31. The van der Waals surface area contributed by atoms with Crippen molar-refractivity contribution in [2.75, 3.05) is 5.73 Å². The normalized spacial score (nSPS) is 10.3. The molecule has 1 aromatic heterocycles. The average molecular weight is 219 g/mol. The fourth-order valence-corrected chi connectivity index (χ4v) is 1.61. The van der Waals surface area contributed by atoms with Gasteiger partial charge < -0.3 is 5.73 Å². The lowest BCUT2D eigenvalue weighted by Crippen LogP contribution is -1.92. The van der Waals surface area contributed by atoms with Crippen LogP contribution in [-0.4, -0.2) is 4.98 Å². The van der Waals surface area contributed by atoms with Crippen molar-refractivity contribution in [2.45, 2.75) is 6.92 Å². The van der Waals surface area contributed by atoms with Crippen LogP contribution in [0.2, 0.25) is 5.15 Å². The molecule has 1 aromatic carbocycles. The van der Waals surface area contributed by atoms with Crippen molar-refractivity contribution in [1.29, 1.82) is 0 Å². The van der Waals surface area contributed by atoms with Gasteiger partial charge in [0.15, 0.2) is 5.15 Å². The zero-order chi connectivity index (χ0) is 10.8. The second-order valence-electron chi connectivity index (χ2n) is 3.39. The number of pyridine rings is 1. The van der Waals surface area contributed by atoms with Gasteiger partial charge in [-0.05, 0) is 24.6 Å². The number of nitrogens with zero attached hydrogens (tertiary/aromatic N) is 1. The minimum atomic E-state index is 0.357. The van der Waals surface area contributed by atoms with Crippen molar-refractivity contribution in [3.63, 3.8) is 0 Å². The number of nitrogens with two attached hydrogens (primary N) is 1. The summed E-state index contributed by atoms with van der Waals surface area (Å²) in [6, 6.07) is 11.7. The first-order valence-electron chi connectivity index (χ1n) is 4.66. The Bertz CT molecular complexity index is 495. The molecule has 0 aliphatic rings. The third-order valence-corrected chi connectivity index (χ3v) is 2.60. The maximum atomic E-state index is 5.88. The molecule has 3 heteroatoms. The van der Waals surface area contributed by atoms with Gasteiger partial charge in [-0.3, -0.25) is 0 Å². The zero-order valence-corrected chi connectivity index (χ0v) is 9.12. The molecule has 2 nitrogen and oxygen atoms in total. The number of anilines is 1. The Balaban J connectivity index is 2.55. The SMILES string of the molecule is Cc1ccccc1-c1ccc(N)c(Cl)n1. The Hall–Kier alpha value is -1.54. The topological polar surface area (TPSA) is 38.9 Å². The van der Waals surface area contributed by atoms with Gasteiger partial charge in [0, 0.05) is 5.56 Å². The lowest BCUT2D eigenvalue weighted by atomic mass is 10.1. The minimum Gasteiger partial charge on any atom is -0.396 e. The molecule has 0 aliphatic heterocycles. The van der Waals surface area contributed by atoms with Crippen LogP contribution < -0.4 is 5.73 Å². The number of halogens is 1.